The number of hydrogen-bond donors (Lipinski definition) is 2. The maximum atomic E-state index is 15.7. The second kappa shape index (κ2) is 11.8. The number of halogens is 3. The first-order valence-electron chi connectivity index (χ1n) is 12.5. The van der Waals surface area contributed by atoms with E-state index in [2.05, 4.69) is 24.9 Å². The van der Waals surface area contributed by atoms with Gasteiger partial charge >= 0.3 is 0 Å². The third-order valence-electron chi connectivity index (χ3n) is 6.77. The number of hydrogen-bond acceptors (Lipinski definition) is 7. The van der Waals surface area contributed by atoms with E-state index in [0.29, 0.717) is 34.6 Å². The molecule has 208 valence electrons. The third kappa shape index (κ3) is 5.82. The molecule has 2 N–H and O–H groups in total. The first kappa shape index (κ1) is 28.7. The molecule has 1 aliphatic heterocycles. The van der Waals surface area contributed by atoms with E-state index >= 15 is 8.78 Å². The molecule has 0 spiro atoms. The van der Waals surface area contributed by atoms with E-state index in [1.54, 1.807) is 31.6 Å². The van der Waals surface area contributed by atoms with Crippen molar-refractivity contribution in [3.05, 3.63) is 60.8 Å². The van der Waals surface area contributed by atoms with Gasteiger partial charge in [0, 0.05) is 42.8 Å². The first-order valence-corrected chi connectivity index (χ1v) is 14.1. The van der Waals surface area contributed by atoms with Gasteiger partial charge in [-0.3, -0.25) is 4.72 Å². The lowest BCUT2D eigenvalue weighted by Crippen LogP contribution is -2.41. The van der Waals surface area contributed by atoms with Crippen molar-refractivity contribution in [2.75, 3.05) is 35.5 Å². The molecule has 4 heterocycles. The summed E-state index contributed by atoms with van der Waals surface area (Å²) in [6.45, 7) is 3.56. The van der Waals surface area contributed by atoms with Gasteiger partial charge < -0.3 is 14.8 Å². The number of sulfonamides is 1. The zero-order valence-electron chi connectivity index (χ0n) is 21.6. The predicted molar refractivity (Wildman–Crippen MR) is 151 cm³/mol. The SMILES string of the molecule is CCCS(=O)(=O)Nc1ccc(F)c(-n2cc(-c3cncnc3)c3nc(N(C)C4CCNCC4)ccc32)c1F.Cl. The molecule has 9 nitrogen and oxygen atoms in total. The van der Waals surface area contributed by atoms with E-state index in [1.807, 2.05) is 13.1 Å². The lowest BCUT2D eigenvalue weighted by Gasteiger charge is -2.32. The number of benzene rings is 1. The molecule has 1 aliphatic rings. The summed E-state index contributed by atoms with van der Waals surface area (Å²) in [7, 11) is -1.79. The van der Waals surface area contributed by atoms with E-state index in [4.69, 9.17) is 4.98 Å². The van der Waals surface area contributed by atoms with Crippen molar-refractivity contribution in [3.8, 4) is 16.8 Å². The molecule has 39 heavy (non-hydrogen) atoms. The molecule has 0 amide bonds. The Morgan fingerprint density at radius 3 is 2.54 bits per heavy atom. The van der Waals surface area contributed by atoms with E-state index in [0.717, 1.165) is 43.9 Å². The van der Waals surface area contributed by atoms with Gasteiger partial charge in [-0.2, -0.15) is 0 Å². The van der Waals surface area contributed by atoms with Gasteiger partial charge in [0.1, 0.15) is 23.6 Å². The van der Waals surface area contributed by atoms with Crippen LogP contribution >= 0.6 is 12.4 Å². The number of anilines is 2. The number of nitrogens with zero attached hydrogens (tertiary/aromatic N) is 5. The van der Waals surface area contributed by atoms with Crippen LogP contribution in [0.4, 0.5) is 20.3 Å². The number of rotatable bonds is 8. The highest BCUT2D eigenvalue weighted by Crippen LogP contribution is 2.35. The summed E-state index contributed by atoms with van der Waals surface area (Å²) in [6.07, 6.45) is 8.52. The van der Waals surface area contributed by atoms with Crippen molar-refractivity contribution < 1.29 is 17.2 Å². The largest absolute Gasteiger partial charge is 0.357 e. The molecule has 0 atom stereocenters. The Labute approximate surface area is 232 Å². The smallest absolute Gasteiger partial charge is 0.232 e. The van der Waals surface area contributed by atoms with Crippen LogP contribution in [-0.4, -0.2) is 59.9 Å². The summed E-state index contributed by atoms with van der Waals surface area (Å²) < 4.78 is 59.1. The fourth-order valence-electron chi connectivity index (χ4n) is 4.83. The molecule has 3 aromatic heterocycles. The van der Waals surface area contributed by atoms with Crippen LogP contribution < -0.4 is 14.9 Å². The highest BCUT2D eigenvalue weighted by Gasteiger charge is 2.24. The Morgan fingerprint density at radius 2 is 1.85 bits per heavy atom. The minimum Gasteiger partial charge on any atom is -0.357 e. The molecule has 1 aromatic carbocycles. The third-order valence-corrected chi connectivity index (χ3v) is 8.24. The predicted octanol–water partition coefficient (Wildman–Crippen LogP) is 4.52. The van der Waals surface area contributed by atoms with Gasteiger partial charge in [-0.15, -0.1) is 12.4 Å². The van der Waals surface area contributed by atoms with Gasteiger partial charge in [0.2, 0.25) is 10.0 Å². The van der Waals surface area contributed by atoms with E-state index in [1.165, 1.54) is 10.9 Å². The van der Waals surface area contributed by atoms with Crippen molar-refractivity contribution in [1.29, 1.82) is 0 Å². The van der Waals surface area contributed by atoms with Crippen molar-refractivity contribution >= 4 is 45.0 Å². The van der Waals surface area contributed by atoms with Crippen LogP contribution in [0, 0.1) is 11.6 Å². The lowest BCUT2D eigenvalue weighted by atomic mass is 10.1. The summed E-state index contributed by atoms with van der Waals surface area (Å²) in [4.78, 5) is 15.2. The standard InChI is InChI=1S/C26H29F2N7O2S.ClH/c1-3-12-38(36,37)33-21-5-4-20(27)26(24(21)28)35-15-19(17-13-30-16-31-14-17)25-22(35)6-7-23(32-25)34(2)18-8-10-29-11-9-18;/h4-7,13-16,18,29,33H,3,8-12H2,1-2H3;1H. The van der Waals surface area contributed by atoms with Crippen LogP contribution in [0.2, 0.25) is 0 Å². The van der Waals surface area contributed by atoms with Gasteiger partial charge in [0.05, 0.1) is 22.5 Å². The average molecular weight is 578 g/mol. The van der Waals surface area contributed by atoms with Gasteiger partial charge in [-0.1, -0.05) is 6.92 Å². The van der Waals surface area contributed by atoms with Crippen molar-refractivity contribution in [2.45, 2.75) is 32.2 Å². The van der Waals surface area contributed by atoms with Gasteiger partial charge in [-0.05, 0) is 56.6 Å². The second-order valence-electron chi connectivity index (χ2n) is 9.35. The monoisotopic (exact) mass is 577 g/mol. The normalized spacial score (nSPS) is 14.3. The fraction of sp³-hybridized carbons (Fsp3) is 0.346. The van der Waals surface area contributed by atoms with E-state index in [9.17, 15) is 8.42 Å². The van der Waals surface area contributed by atoms with Crippen LogP contribution in [0.15, 0.2) is 49.2 Å². The van der Waals surface area contributed by atoms with Crippen LogP contribution in [-0.2, 0) is 10.0 Å². The molecule has 0 bridgehead atoms. The number of pyridine rings is 1. The molecule has 0 radical (unpaired) electrons. The summed E-state index contributed by atoms with van der Waals surface area (Å²) in [5, 5.41) is 3.36. The minimum atomic E-state index is -3.79. The molecule has 13 heteroatoms. The number of piperidine rings is 1. The minimum absolute atomic E-state index is 0. The van der Waals surface area contributed by atoms with Gasteiger partial charge in [0.15, 0.2) is 5.82 Å². The lowest BCUT2D eigenvalue weighted by molar-refractivity contribution is 0.442. The maximum Gasteiger partial charge on any atom is 0.232 e. The van der Waals surface area contributed by atoms with Crippen LogP contribution in [0.25, 0.3) is 27.8 Å². The Balaban J connectivity index is 0.00000353. The maximum absolute atomic E-state index is 15.7. The summed E-state index contributed by atoms with van der Waals surface area (Å²) in [5.74, 6) is -1.30. The second-order valence-corrected chi connectivity index (χ2v) is 11.2. The van der Waals surface area contributed by atoms with Crippen molar-refractivity contribution in [2.24, 2.45) is 0 Å². The van der Waals surface area contributed by atoms with Crippen LogP contribution in [0.5, 0.6) is 0 Å². The quantitative estimate of drug-likeness (QED) is 0.317. The van der Waals surface area contributed by atoms with Crippen molar-refractivity contribution in [3.63, 3.8) is 0 Å². The molecular formula is C26H30ClF2N7O2S. The molecular weight excluding hydrogens is 548 g/mol. The Bertz CT molecular complexity index is 1560. The molecule has 1 saturated heterocycles. The van der Waals surface area contributed by atoms with Crippen LogP contribution in [0.1, 0.15) is 26.2 Å². The van der Waals surface area contributed by atoms with Gasteiger partial charge in [-0.25, -0.2) is 32.2 Å². The summed E-state index contributed by atoms with van der Waals surface area (Å²) in [5.41, 5.74) is 1.47. The van der Waals surface area contributed by atoms with Crippen LogP contribution in [0.3, 0.4) is 0 Å². The Morgan fingerprint density at radius 1 is 1.13 bits per heavy atom. The molecule has 0 saturated carbocycles. The van der Waals surface area contributed by atoms with E-state index < -0.39 is 27.3 Å². The highest BCUT2D eigenvalue weighted by atomic mass is 35.5. The Hall–Kier alpha value is -3.35. The molecule has 4 aromatic rings. The summed E-state index contributed by atoms with van der Waals surface area (Å²) >= 11 is 0. The fourth-order valence-corrected chi connectivity index (χ4v) is 5.97. The molecule has 0 unspecified atom stereocenters. The number of nitrogens with one attached hydrogen (secondary N) is 2. The van der Waals surface area contributed by atoms with Gasteiger partial charge in [0.25, 0.3) is 0 Å². The molecule has 1 fully saturated rings. The first-order chi connectivity index (χ1) is 18.3. The summed E-state index contributed by atoms with van der Waals surface area (Å²) in [6, 6.07) is 6.05. The molecule has 5 rings (SSSR count). The number of fused-ring (bicyclic) bond motifs is 1. The zero-order chi connectivity index (χ0) is 26.9. The topological polar surface area (TPSA) is 105 Å². The Kier molecular flexibility index (Phi) is 8.67. The van der Waals surface area contributed by atoms with E-state index in [-0.39, 0.29) is 23.8 Å². The average Bonchev–Trinajstić information content (AvgIpc) is 3.29. The number of aromatic nitrogens is 4. The van der Waals surface area contributed by atoms with Crippen molar-refractivity contribution in [1.82, 2.24) is 24.8 Å². The zero-order valence-corrected chi connectivity index (χ0v) is 23.2. The molecule has 0 aliphatic carbocycles. The highest BCUT2D eigenvalue weighted by molar-refractivity contribution is 7.92.